The van der Waals surface area contributed by atoms with E-state index in [-0.39, 0.29) is 5.75 Å². The molecule has 19 heavy (non-hydrogen) atoms. The number of anilines is 1. The summed E-state index contributed by atoms with van der Waals surface area (Å²) in [4.78, 5) is 0. The van der Waals surface area contributed by atoms with E-state index in [2.05, 4.69) is 22.2 Å². The lowest BCUT2D eigenvalue weighted by Gasteiger charge is -2.41. The molecule has 3 rings (SSSR count). The zero-order valence-electron chi connectivity index (χ0n) is 10.2. The van der Waals surface area contributed by atoms with Crippen molar-refractivity contribution in [3.8, 4) is 5.75 Å². The maximum absolute atomic E-state index is 12.1. The van der Waals surface area contributed by atoms with Crippen LogP contribution in [0.25, 0.3) is 0 Å². The fourth-order valence-corrected chi connectivity index (χ4v) is 2.88. The molecule has 3 unspecified atom stereocenters. The van der Waals surface area contributed by atoms with Crippen LogP contribution in [0.15, 0.2) is 36.4 Å². The van der Waals surface area contributed by atoms with E-state index in [1.54, 1.807) is 12.1 Å². The smallest absolute Gasteiger partial charge is 0.406 e. The molecule has 0 heterocycles. The van der Waals surface area contributed by atoms with Crippen molar-refractivity contribution in [1.82, 2.24) is 0 Å². The number of hydrogen-bond acceptors (Lipinski definition) is 2. The van der Waals surface area contributed by atoms with Crippen molar-refractivity contribution >= 4 is 5.69 Å². The zero-order valence-corrected chi connectivity index (χ0v) is 10.2. The molecule has 1 N–H and O–H groups in total. The summed E-state index contributed by atoms with van der Waals surface area (Å²) in [5.74, 6) is 1.05. The normalized spacial score (nSPS) is 28.7. The van der Waals surface area contributed by atoms with Crippen molar-refractivity contribution in [2.24, 2.45) is 11.8 Å². The Hall–Kier alpha value is -1.65. The van der Waals surface area contributed by atoms with Crippen molar-refractivity contribution in [2.45, 2.75) is 25.2 Å². The van der Waals surface area contributed by atoms with Gasteiger partial charge in [-0.1, -0.05) is 18.2 Å². The summed E-state index contributed by atoms with van der Waals surface area (Å²) in [7, 11) is 0. The van der Waals surface area contributed by atoms with Crippen molar-refractivity contribution in [1.29, 1.82) is 0 Å². The molecule has 1 aromatic carbocycles. The fourth-order valence-electron chi connectivity index (χ4n) is 2.88. The fraction of sp³-hybridized carbons (Fsp3) is 0.429. The predicted octanol–water partition coefficient (Wildman–Crippen LogP) is 3.96. The highest BCUT2D eigenvalue weighted by atomic mass is 19.4. The van der Waals surface area contributed by atoms with Crippen LogP contribution in [0.3, 0.4) is 0 Å². The molecular formula is C14H14F3NO. The first-order valence-electron chi connectivity index (χ1n) is 6.30. The number of halogens is 3. The third-order valence-electron chi connectivity index (χ3n) is 3.78. The second-order valence-corrected chi connectivity index (χ2v) is 5.06. The molecule has 1 aromatic rings. The monoisotopic (exact) mass is 269 g/mol. The Kier molecular flexibility index (Phi) is 2.92. The van der Waals surface area contributed by atoms with Gasteiger partial charge in [-0.15, -0.1) is 13.2 Å². The molecule has 5 heteroatoms. The summed E-state index contributed by atoms with van der Waals surface area (Å²) in [6, 6.07) is 6.33. The van der Waals surface area contributed by atoms with E-state index in [9.17, 15) is 13.2 Å². The summed E-state index contributed by atoms with van der Waals surface area (Å²) >= 11 is 0. The number of allylic oxidation sites excluding steroid dienone is 1. The minimum atomic E-state index is -4.64. The lowest BCUT2D eigenvalue weighted by Crippen LogP contribution is -2.43. The van der Waals surface area contributed by atoms with E-state index in [1.165, 1.54) is 12.1 Å². The van der Waals surface area contributed by atoms with Gasteiger partial charge in [-0.3, -0.25) is 0 Å². The topological polar surface area (TPSA) is 21.3 Å². The van der Waals surface area contributed by atoms with Gasteiger partial charge in [0.1, 0.15) is 5.75 Å². The minimum Gasteiger partial charge on any atom is -0.406 e. The van der Waals surface area contributed by atoms with Crippen molar-refractivity contribution in [3.63, 3.8) is 0 Å². The van der Waals surface area contributed by atoms with Crippen molar-refractivity contribution < 1.29 is 17.9 Å². The Bertz CT molecular complexity index is 498. The Morgan fingerprint density at radius 3 is 2.84 bits per heavy atom. The van der Waals surface area contributed by atoms with Gasteiger partial charge in [0.15, 0.2) is 0 Å². The van der Waals surface area contributed by atoms with Crippen LogP contribution in [0.1, 0.15) is 12.8 Å². The third kappa shape index (κ3) is 2.69. The van der Waals surface area contributed by atoms with Gasteiger partial charge in [0.2, 0.25) is 0 Å². The van der Waals surface area contributed by atoms with E-state index in [0.717, 1.165) is 12.8 Å². The number of ether oxygens (including phenoxy) is 1. The van der Waals surface area contributed by atoms with E-state index in [1.807, 2.05) is 0 Å². The van der Waals surface area contributed by atoms with Crippen LogP contribution < -0.4 is 10.1 Å². The van der Waals surface area contributed by atoms with Gasteiger partial charge >= 0.3 is 6.36 Å². The highest BCUT2D eigenvalue weighted by molar-refractivity contribution is 5.50. The van der Waals surface area contributed by atoms with Gasteiger partial charge in [0.05, 0.1) is 0 Å². The van der Waals surface area contributed by atoms with E-state index >= 15 is 0 Å². The van der Waals surface area contributed by atoms with Crippen LogP contribution in [0.4, 0.5) is 18.9 Å². The quantitative estimate of drug-likeness (QED) is 0.838. The first kappa shape index (κ1) is 12.4. The molecule has 2 nitrogen and oxygen atoms in total. The molecule has 0 amide bonds. The first-order valence-corrected chi connectivity index (χ1v) is 6.30. The van der Waals surface area contributed by atoms with Crippen LogP contribution in [-0.2, 0) is 0 Å². The molecule has 0 radical (unpaired) electrons. The van der Waals surface area contributed by atoms with Gasteiger partial charge in [0, 0.05) is 23.7 Å². The maximum Gasteiger partial charge on any atom is 0.573 e. The zero-order chi connectivity index (χ0) is 13.5. The van der Waals surface area contributed by atoms with Crippen LogP contribution in [-0.4, -0.2) is 12.4 Å². The van der Waals surface area contributed by atoms with Crippen molar-refractivity contribution in [3.05, 3.63) is 36.4 Å². The lowest BCUT2D eigenvalue weighted by atomic mass is 9.71. The van der Waals surface area contributed by atoms with Crippen molar-refractivity contribution in [2.75, 3.05) is 5.32 Å². The number of alkyl halides is 3. The first-order chi connectivity index (χ1) is 9.01. The molecule has 2 aliphatic carbocycles. The Balaban J connectivity index is 1.65. The van der Waals surface area contributed by atoms with E-state index in [4.69, 9.17) is 0 Å². The Labute approximate surface area is 109 Å². The number of rotatable bonds is 3. The van der Waals surface area contributed by atoms with Gasteiger partial charge in [-0.05, 0) is 30.9 Å². The van der Waals surface area contributed by atoms with E-state index < -0.39 is 6.36 Å². The molecular weight excluding hydrogens is 255 g/mol. The third-order valence-corrected chi connectivity index (χ3v) is 3.78. The summed E-state index contributed by atoms with van der Waals surface area (Å²) in [6.07, 6.45) is 1.93. The molecule has 0 spiro atoms. The molecule has 102 valence electrons. The van der Waals surface area contributed by atoms with Gasteiger partial charge in [0.25, 0.3) is 0 Å². The largest absolute Gasteiger partial charge is 0.573 e. The SMILES string of the molecule is FC(F)(F)Oc1cccc(NC2CC3CC=CC32)c1. The second-order valence-electron chi connectivity index (χ2n) is 5.06. The predicted molar refractivity (Wildman–Crippen MR) is 65.9 cm³/mol. The number of fused-ring (bicyclic) bond motifs is 1. The molecule has 1 fully saturated rings. The van der Waals surface area contributed by atoms with Crippen LogP contribution in [0, 0.1) is 11.8 Å². The van der Waals surface area contributed by atoms with Crippen LogP contribution >= 0.6 is 0 Å². The molecule has 0 bridgehead atoms. The van der Waals surface area contributed by atoms with Gasteiger partial charge < -0.3 is 10.1 Å². The molecule has 0 aromatic heterocycles. The van der Waals surface area contributed by atoms with Crippen LogP contribution in [0.2, 0.25) is 0 Å². The highest BCUT2D eigenvalue weighted by Crippen LogP contribution is 2.44. The van der Waals surface area contributed by atoms with Crippen LogP contribution in [0.5, 0.6) is 5.75 Å². The highest BCUT2D eigenvalue weighted by Gasteiger charge is 2.40. The second kappa shape index (κ2) is 4.47. The molecule has 0 saturated heterocycles. The average molecular weight is 269 g/mol. The summed E-state index contributed by atoms with van der Waals surface area (Å²) in [5.41, 5.74) is 0.672. The average Bonchev–Trinajstić information content (AvgIpc) is 2.66. The molecule has 3 atom stereocenters. The standard InChI is InChI=1S/C14H14F3NO/c15-14(16,17)19-11-5-2-4-10(8-11)18-13-7-9-3-1-6-12(9)13/h1-2,4-6,8-9,12-13,18H,3,7H2. The lowest BCUT2D eigenvalue weighted by molar-refractivity contribution is -0.274. The maximum atomic E-state index is 12.1. The number of benzene rings is 1. The number of nitrogens with one attached hydrogen (secondary N) is 1. The number of hydrogen-bond donors (Lipinski definition) is 1. The molecule has 1 saturated carbocycles. The van der Waals surface area contributed by atoms with Gasteiger partial charge in [-0.2, -0.15) is 0 Å². The molecule has 0 aliphatic heterocycles. The minimum absolute atomic E-state index is 0.185. The summed E-state index contributed by atoms with van der Waals surface area (Å²) in [5, 5.41) is 3.28. The summed E-state index contributed by atoms with van der Waals surface area (Å²) in [6.45, 7) is 0. The van der Waals surface area contributed by atoms with Gasteiger partial charge in [-0.25, -0.2) is 0 Å². The molecule has 2 aliphatic rings. The Morgan fingerprint density at radius 1 is 1.26 bits per heavy atom. The Morgan fingerprint density at radius 2 is 2.11 bits per heavy atom. The summed E-state index contributed by atoms with van der Waals surface area (Å²) < 4.78 is 40.3. The van der Waals surface area contributed by atoms with E-state index in [0.29, 0.717) is 23.6 Å².